The number of carbonyl (C=O) groups is 2. The van der Waals surface area contributed by atoms with Crippen molar-refractivity contribution in [2.75, 3.05) is 18.1 Å². The summed E-state index contributed by atoms with van der Waals surface area (Å²) < 4.78 is 4.62. The largest absolute Gasteiger partial charge is 0.449 e. The molecule has 0 aliphatic carbocycles. The fourth-order valence-electron chi connectivity index (χ4n) is 1.97. The minimum atomic E-state index is -0.723. The van der Waals surface area contributed by atoms with Crippen LogP contribution in [0.25, 0.3) is 0 Å². The van der Waals surface area contributed by atoms with E-state index >= 15 is 0 Å². The average molecular weight is 322 g/mol. The molecule has 0 heterocycles. The van der Waals surface area contributed by atoms with Crippen molar-refractivity contribution >= 4 is 33.5 Å². The molecule has 0 aromatic heterocycles. The van der Waals surface area contributed by atoms with Gasteiger partial charge in [0.05, 0.1) is 0 Å². The fourth-order valence-corrected chi connectivity index (χ4v) is 3.88. The summed E-state index contributed by atoms with van der Waals surface area (Å²) in [7, 11) is 3.37. The summed E-state index contributed by atoms with van der Waals surface area (Å²) in [6, 6.07) is 0. The van der Waals surface area contributed by atoms with Crippen LogP contribution in [0.5, 0.6) is 0 Å². The van der Waals surface area contributed by atoms with E-state index in [1.54, 1.807) is 21.6 Å². The number of primary amides is 1. The SMILES string of the molecule is CCCC(CCC)C(=O)CCCSSCCOC(N)=O. The Morgan fingerprint density at radius 2 is 1.70 bits per heavy atom. The molecule has 0 saturated carbocycles. The lowest BCUT2D eigenvalue weighted by molar-refractivity contribution is -0.123. The van der Waals surface area contributed by atoms with E-state index in [0.29, 0.717) is 18.8 Å². The summed E-state index contributed by atoms with van der Waals surface area (Å²) >= 11 is 0. The second-order valence-electron chi connectivity index (χ2n) is 4.66. The van der Waals surface area contributed by atoms with Crippen LogP contribution in [0, 0.1) is 5.92 Å². The van der Waals surface area contributed by atoms with Crippen molar-refractivity contribution in [1.82, 2.24) is 0 Å². The highest BCUT2D eigenvalue weighted by Gasteiger charge is 2.15. The molecule has 0 atom stereocenters. The van der Waals surface area contributed by atoms with E-state index in [1.807, 2.05) is 0 Å². The van der Waals surface area contributed by atoms with Crippen LogP contribution in [0.1, 0.15) is 52.4 Å². The molecular weight excluding hydrogens is 294 g/mol. The summed E-state index contributed by atoms with van der Waals surface area (Å²) in [6.07, 6.45) is 5.12. The van der Waals surface area contributed by atoms with Gasteiger partial charge in [0.25, 0.3) is 0 Å². The molecule has 0 aliphatic rings. The molecule has 0 radical (unpaired) electrons. The van der Waals surface area contributed by atoms with Crippen molar-refractivity contribution in [3.8, 4) is 0 Å². The number of amides is 1. The van der Waals surface area contributed by atoms with Crippen LogP contribution in [-0.2, 0) is 9.53 Å². The zero-order chi connectivity index (χ0) is 15.2. The summed E-state index contributed by atoms with van der Waals surface area (Å²) in [5.74, 6) is 2.39. The number of hydrogen-bond acceptors (Lipinski definition) is 5. The Kier molecular flexibility index (Phi) is 13.4. The maximum Gasteiger partial charge on any atom is 0.404 e. The predicted octanol–water partition coefficient (Wildman–Crippen LogP) is 4.03. The van der Waals surface area contributed by atoms with Gasteiger partial charge in [-0.1, -0.05) is 48.3 Å². The average Bonchev–Trinajstić information content (AvgIpc) is 2.41. The minimum Gasteiger partial charge on any atom is -0.449 e. The number of ether oxygens (including phenoxy) is 1. The monoisotopic (exact) mass is 321 g/mol. The Morgan fingerprint density at radius 1 is 1.10 bits per heavy atom. The molecule has 0 bridgehead atoms. The quantitative estimate of drug-likeness (QED) is 0.410. The molecule has 4 nitrogen and oxygen atoms in total. The molecule has 0 unspecified atom stereocenters. The van der Waals surface area contributed by atoms with Crippen LogP contribution in [-0.4, -0.2) is 30.0 Å². The summed E-state index contributed by atoms with van der Waals surface area (Å²) in [5.41, 5.74) is 4.85. The molecule has 2 N–H and O–H groups in total. The fraction of sp³-hybridized carbons (Fsp3) is 0.857. The zero-order valence-corrected chi connectivity index (χ0v) is 14.2. The molecule has 0 fully saturated rings. The molecule has 0 aromatic carbocycles. The highest BCUT2D eigenvalue weighted by atomic mass is 33.1. The van der Waals surface area contributed by atoms with E-state index in [9.17, 15) is 9.59 Å². The Labute approximate surface area is 130 Å². The predicted molar refractivity (Wildman–Crippen MR) is 88.0 cm³/mol. The topological polar surface area (TPSA) is 69.4 Å². The van der Waals surface area contributed by atoms with E-state index in [4.69, 9.17) is 5.73 Å². The van der Waals surface area contributed by atoms with Gasteiger partial charge >= 0.3 is 6.09 Å². The van der Waals surface area contributed by atoms with E-state index < -0.39 is 6.09 Å². The maximum absolute atomic E-state index is 12.0. The standard InChI is InChI=1S/C14H27NO3S2/c1-3-6-12(7-4-2)13(16)8-5-10-19-20-11-9-18-14(15)17/h12H,3-11H2,1-2H3,(H2,15,17). The first kappa shape index (κ1) is 19.6. The van der Waals surface area contributed by atoms with Crippen LogP contribution in [0.3, 0.4) is 0 Å². The van der Waals surface area contributed by atoms with E-state index in [2.05, 4.69) is 18.6 Å². The third kappa shape index (κ3) is 11.5. The lowest BCUT2D eigenvalue weighted by Gasteiger charge is -2.13. The van der Waals surface area contributed by atoms with Gasteiger partial charge in [-0.15, -0.1) is 0 Å². The molecule has 20 heavy (non-hydrogen) atoms. The Bertz CT molecular complexity index is 269. The summed E-state index contributed by atoms with van der Waals surface area (Å²) in [4.78, 5) is 22.4. The normalized spacial score (nSPS) is 10.8. The second kappa shape index (κ2) is 13.6. The van der Waals surface area contributed by atoms with Gasteiger partial charge in [-0.3, -0.25) is 4.79 Å². The smallest absolute Gasteiger partial charge is 0.404 e. The maximum atomic E-state index is 12.0. The van der Waals surface area contributed by atoms with Crippen molar-refractivity contribution in [3.63, 3.8) is 0 Å². The first-order valence-corrected chi connectivity index (χ1v) is 9.79. The van der Waals surface area contributed by atoms with Crippen LogP contribution in [0.4, 0.5) is 4.79 Å². The van der Waals surface area contributed by atoms with Crippen molar-refractivity contribution < 1.29 is 14.3 Å². The molecule has 0 spiro atoms. The lowest BCUT2D eigenvalue weighted by atomic mass is 9.91. The Balaban J connectivity index is 3.52. The van der Waals surface area contributed by atoms with Gasteiger partial charge in [-0.25, -0.2) is 4.79 Å². The molecule has 0 saturated heterocycles. The number of Topliss-reactive ketones (excluding diaryl/α,β-unsaturated/α-hetero) is 1. The van der Waals surface area contributed by atoms with Gasteiger partial charge in [0.15, 0.2) is 0 Å². The summed E-state index contributed by atoms with van der Waals surface area (Å²) in [6.45, 7) is 4.62. The van der Waals surface area contributed by atoms with Gasteiger partial charge in [0.1, 0.15) is 12.4 Å². The van der Waals surface area contributed by atoms with Crippen molar-refractivity contribution in [1.29, 1.82) is 0 Å². The highest BCUT2D eigenvalue weighted by Crippen LogP contribution is 2.23. The van der Waals surface area contributed by atoms with Gasteiger partial charge in [0.2, 0.25) is 0 Å². The molecule has 6 heteroatoms. The van der Waals surface area contributed by atoms with Crippen LogP contribution >= 0.6 is 21.6 Å². The molecule has 1 amide bonds. The van der Waals surface area contributed by atoms with Crippen LogP contribution in [0.2, 0.25) is 0 Å². The van der Waals surface area contributed by atoms with Gasteiger partial charge in [-0.2, -0.15) is 0 Å². The van der Waals surface area contributed by atoms with Gasteiger partial charge in [0, 0.05) is 23.8 Å². The van der Waals surface area contributed by atoms with Gasteiger partial charge in [-0.05, 0) is 19.3 Å². The van der Waals surface area contributed by atoms with Crippen molar-refractivity contribution in [2.45, 2.75) is 52.4 Å². The second-order valence-corrected chi connectivity index (χ2v) is 7.36. The molecule has 0 aliphatic heterocycles. The highest BCUT2D eigenvalue weighted by molar-refractivity contribution is 8.76. The first-order chi connectivity index (χ1) is 9.61. The van der Waals surface area contributed by atoms with Crippen LogP contribution < -0.4 is 5.73 Å². The van der Waals surface area contributed by atoms with Crippen molar-refractivity contribution in [3.05, 3.63) is 0 Å². The molecular formula is C14H27NO3S2. The van der Waals surface area contributed by atoms with E-state index in [-0.39, 0.29) is 5.92 Å². The minimum absolute atomic E-state index is 0.270. The number of hydrogen-bond donors (Lipinski definition) is 1. The first-order valence-electron chi connectivity index (χ1n) is 7.31. The number of carbonyl (C=O) groups excluding carboxylic acids is 2. The number of rotatable bonds is 13. The van der Waals surface area contributed by atoms with Gasteiger partial charge < -0.3 is 10.5 Å². The Morgan fingerprint density at radius 3 is 2.25 bits per heavy atom. The molecule has 0 aromatic rings. The lowest BCUT2D eigenvalue weighted by Crippen LogP contribution is -2.14. The third-order valence-corrected chi connectivity index (χ3v) is 5.33. The Hall–Kier alpha value is -0.360. The zero-order valence-electron chi connectivity index (χ0n) is 12.6. The van der Waals surface area contributed by atoms with Crippen molar-refractivity contribution in [2.24, 2.45) is 11.7 Å². The van der Waals surface area contributed by atoms with E-state index in [0.717, 1.165) is 43.6 Å². The van der Waals surface area contributed by atoms with Crippen LogP contribution in [0.15, 0.2) is 0 Å². The van der Waals surface area contributed by atoms with E-state index in [1.165, 1.54) is 0 Å². The molecule has 0 rings (SSSR count). The summed E-state index contributed by atoms with van der Waals surface area (Å²) in [5, 5.41) is 0. The molecule has 118 valence electrons. The number of ketones is 1. The number of nitrogens with two attached hydrogens (primary N) is 1. The third-order valence-electron chi connectivity index (χ3n) is 2.87.